The van der Waals surface area contributed by atoms with Crippen molar-refractivity contribution in [2.75, 3.05) is 6.54 Å². The zero-order chi connectivity index (χ0) is 11.5. The monoisotopic (exact) mass is 223 g/mol. The molecule has 0 aromatic heterocycles. The molecule has 1 rings (SSSR count). The summed E-state index contributed by atoms with van der Waals surface area (Å²) in [6.45, 7) is 3.53. The van der Waals surface area contributed by atoms with Gasteiger partial charge >= 0.3 is 6.18 Å². The second-order valence-electron chi connectivity index (χ2n) is 4.85. The molecule has 0 heterocycles. The molecule has 0 amide bonds. The van der Waals surface area contributed by atoms with Gasteiger partial charge in [0.05, 0.1) is 6.54 Å². The van der Waals surface area contributed by atoms with Gasteiger partial charge in [-0.15, -0.1) is 0 Å². The zero-order valence-electron chi connectivity index (χ0n) is 9.40. The topological polar surface area (TPSA) is 12.0 Å². The Morgan fingerprint density at radius 2 is 1.67 bits per heavy atom. The molecule has 0 spiro atoms. The lowest BCUT2D eigenvalue weighted by molar-refractivity contribution is -0.126. The van der Waals surface area contributed by atoms with Crippen LogP contribution in [0.4, 0.5) is 13.2 Å². The van der Waals surface area contributed by atoms with E-state index in [1.54, 1.807) is 0 Å². The first kappa shape index (κ1) is 12.8. The Kier molecular flexibility index (Phi) is 4.44. The molecule has 1 nitrogen and oxygen atoms in total. The number of halogens is 3. The van der Waals surface area contributed by atoms with Crippen LogP contribution in [-0.4, -0.2) is 18.8 Å². The van der Waals surface area contributed by atoms with Gasteiger partial charge in [0.15, 0.2) is 0 Å². The summed E-state index contributed by atoms with van der Waals surface area (Å²) in [6, 6.07) is 0.0709. The average Bonchev–Trinajstić information content (AvgIpc) is 2.14. The highest BCUT2D eigenvalue weighted by molar-refractivity contribution is 4.79. The summed E-state index contributed by atoms with van der Waals surface area (Å²) in [5, 5.41) is 2.60. The van der Waals surface area contributed by atoms with Crippen LogP contribution in [0.25, 0.3) is 0 Å². The van der Waals surface area contributed by atoms with Gasteiger partial charge in [-0.25, -0.2) is 0 Å². The molecular weight excluding hydrogens is 203 g/mol. The molecule has 0 unspecified atom stereocenters. The first-order valence-electron chi connectivity index (χ1n) is 5.68. The Balaban J connectivity index is 2.20. The van der Waals surface area contributed by atoms with Crippen LogP contribution in [0.2, 0.25) is 0 Å². The minimum Gasteiger partial charge on any atom is -0.306 e. The predicted molar refractivity (Wildman–Crippen MR) is 54.6 cm³/mol. The van der Waals surface area contributed by atoms with Crippen molar-refractivity contribution >= 4 is 0 Å². The third-order valence-electron chi connectivity index (χ3n) is 3.31. The fraction of sp³-hybridized carbons (Fsp3) is 1.00. The molecule has 0 atom stereocenters. The third kappa shape index (κ3) is 4.87. The van der Waals surface area contributed by atoms with Gasteiger partial charge in [0.2, 0.25) is 0 Å². The van der Waals surface area contributed by atoms with Crippen molar-refractivity contribution in [1.29, 1.82) is 0 Å². The van der Waals surface area contributed by atoms with Crippen LogP contribution in [0.5, 0.6) is 0 Å². The maximum atomic E-state index is 12.0. The molecule has 0 aromatic carbocycles. The van der Waals surface area contributed by atoms with Crippen molar-refractivity contribution in [3.63, 3.8) is 0 Å². The summed E-state index contributed by atoms with van der Waals surface area (Å²) in [7, 11) is 0. The van der Waals surface area contributed by atoms with E-state index in [9.17, 15) is 13.2 Å². The number of alkyl halides is 3. The van der Waals surface area contributed by atoms with E-state index in [-0.39, 0.29) is 6.04 Å². The summed E-state index contributed by atoms with van der Waals surface area (Å²) in [5.74, 6) is 1.36. The van der Waals surface area contributed by atoms with Crippen molar-refractivity contribution in [2.24, 2.45) is 11.8 Å². The van der Waals surface area contributed by atoms with Crippen molar-refractivity contribution in [1.82, 2.24) is 5.32 Å². The van der Waals surface area contributed by atoms with Crippen molar-refractivity contribution < 1.29 is 13.2 Å². The highest BCUT2D eigenvalue weighted by Gasteiger charge is 2.29. The molecule has 0 aromatic rings. The minimum atomic E-state index is -4.07. The first-order chi connectivity index (χ1) is 6.88. The lowest BCUT2D eigenvalue weighted by Gasteiger charge is -2.31. The van der Waals surface area contributed by atoms with Crippen LogP contribution in [-0.2, 0) is 0 Å². The number of nitrogens with one attached hydrogen (secondary N) is 1. The molecule has 1 saturated carbocycles. The standard InChI is InChI=1S/C11H20F3N/c1-8(2)9-3-5-10(6-4-9)15-7-11(12,13)14/h8-10,15H,3-7H2,1-2H3/t9-,10-. The van der Waals surface area contributed by atoms with E-state index in [4.69, 9.17) is 0 Å². The largest absolute Gasteiger partial charge is 0.401 e. The van der Waals surface area contributed by atoms with E-state index in [0.29, 0.717) is 11.8 Å². The van der Waals surface area contributed by atoms with Gasteiger partial charge < -0.3 is 5.32 Å². The molecule has 15 heavy (non-hydrogen) atoms. The fourth-order valence-corrected chi connectivity index (χ4v) is 2.25. The van der Waals surface area contributed by atoms with Crippen LogP contribution in [0.3, 0.4) is 0 Å². The maximum absolute atomic E-state index is 12.0. The van der Waals surface area contributed by atoms with E-state index in [2.05, 4.69) is 19.2 Å². The Labute approximate surface area is 89.4 Å². The van der Waals surface area contributed by atoms with Gasteiger partial charge in [0.25, 0.3) is 0 Å². The van der Waals surface area contributed by atoms with Crippen LogP contribution in [0.15, 0.2) is 0 Å². The molecule has 90 valence electrons. The SMILES string of the molecule is CC(C)[C@H]1CC[C@H](NCC(F)(F)F)CC1. The highest BCUT2D eigenvalue weighted by atomic mass is 19.4. The van der Waals surface area contributed by atoms with Gasteiger partial charge in [-0.3, -0.25) is 0 Å². The van der Waals surface area contributed by atoms with E-state index in [1.165, 1.54) is 0 Å². The van der Waals surface area contributed by atoms with Crippen LogP contribution in [0, 0.1) is 11.8 Å². The lowest BCUT2D eigenvalue weighted by atomic mass is 9.80. The molecule has 1 fully saturated rings. The van der Waals surface area contributed by atoms with Gasteiger partial charge in [-0.2, -0.15) is 13.2 Å². The van der Waals surface area contributed by atoms with E-state index in [0.717, 1.165) is 25.7 Å². The first-order valence-corrected chi connectivity index (χ1v) is 5.68. The molecule has 4 heteroatoms. The number of hydrogen-bond donors (Lipinski definition) is 1. The molecule has 1 aliphatic rings. The Morgan fingerprint density at radius 3 is 2.07 bits per heavy atom. The zero-order valence-corrected chi connectivity index (χ0v) is 9.40. The van der Waals surface area contributed by atoms with Crippen molar-refractivity contribution in [3.05, 3.63) is 0 Å². The smallest absolute Gasteiger partial charge is 0.306 e. The van der Waals surface area contributed by atoms with E-state index >= 15 is 0 Å². The molecule has 1 aliphatic carbocycles. The van der Waals surface area contributed by atoms with Crippen molar-refractivity contribution in [3.8, 4) is 0 Å². The summed E-state index contributed by atoms with van der Waals surface area (Å²) < 4.78 is 35.9. The lowest BCUT2D eigenvalue weighted by Crippen LogP contribution is -2.39. The molecule has 0 saturated heterocycles. The van der Waals surface area contributed by atoms with Crippen molar-refractivity contribution in [2.45, 2.75) is 51.7 Å². The van der Waals surface area contributed by atoms with E-state index < -0.39 is 12.7 Å². The van der Waals surface area contributed by atoms with Gasteiger partial charge in [-0.1, -0.05) is 13.8 Å². The summed E-state index contributed by atoms with van der Waals surface area (Å²) in [4.78, 5) is 0. The normalized spacial score (nSPS) is 28.4. The third-order valence-corrected chi connectivity index (χ3v) is 3.31. The van der Waals surface area contributed by atoms with Crippen LogP contribution in [0.1, 0.15) is 39.5 Å². The Bertz CT molecular complexity index is 181. The Hall–Kier alpha value is -0.250. The predicted octanol–water partition coefficient (Wildman–Crippen LogP) is 3.35. The van der Waals surface area contributed by atoms with Crippen LogP contribution >= 0.6 is 0 Å². The molecule has 0 bridgehead atoms. The number of rotatable bonds is 3. The molecule has 0 radical (unpaired) electrons. The second kappa shape index (κ2) is 5.19. The molecule has 0 aliphatic heterocycles. The summed E-state index contributed by atoms with van der Waals surface area (Å²) in [6.07, 6.45) is -0.173. The highest BCUT2D eigenvalue weighted by Crippen LogP contribution is 2.30. The van der Waals surface area contributed by atoms with E-state index in [1.807, 2.05) is 0 Å². The molecular formula is C11H20F3N. The van der Waals surface area contributed by atoms with Gasteiger partial charge in [0, 0.05) is 6.04 Å². The average molecular weight is 223 g/mol. The Morgan fingerprint density at radius 1 is 1.13 bits per heavy atom. The summed E-state index contributed by atoms with van der Waals surface area (Å²) >= 11 is 0. The van der Waals surface area contributed by atoms with Crippen LogP contribution < -0.4 is 5.32 Å². The molecule has 1 N–H and O–H groups in total. The fourth-order valence-electron chi connectivity index (χ4n) is 2.25. The van der Waals surface area contributed by atoms with Gasteiger partial charge in [-0.05, 0) is 37.5 Å². The van der Waals surface area contributed by atoms with Gasteiger partial charge in [0.1, 0.15) is 0 Å². The minimum absolute atomic E-state index is 0.0709. The quantitative estimate of drug-likeness (QED) is 0.773. The maximum Gasteiger partial charge on any atom is 0.401 e. The summed E-state index contributed by atoms with van der Waals surface area (Å²) in [5.41, 5.74) is 0. The number of hydrogen-bond acceptors (Lipinski definition) is 1. The second-order valence-corrected chi connectivity index (χ2v) is 4.85.